The number of esters is 1. The Labute approximate surface area is 141 Å². The number of nitrogens with zero attached hydrogens (tertiary/aromatic N) is 1. The number of methoxy groups -OCH3 is 1. The van der Waals surface area contributed by atoms with E-state index in [1.165, 1.54) is 25.3 Å². The number of carbonyl (C=O) groups is 2. The van der Waals surface area contributed by atoms with Gasteiger partial charge in [0.25, 0.3) is 10.0 Å². The first-order valence-corrected chi connectivity index (χ1v) is 8.69. The van der Waals surface area contributed by atoms with Gasteiger partial charge in [-0.2, -0.15) is 4.99 Å². The second-order valence-electron chi connectivity index (χ2n) is 4.83. The van der Waals surface area contributed by atoms with Crippen LogP contribution in [0.25, 0.3) is 0 Å². The fourth-order valence-corrected chi connectivity index (χ4v) is 2.77. The van der Waals surface area contributed by atoms with Crippen molar-refractivity contribution >= 4 is 27.7 Å². The standard InChI is InChI=1S/C16H20N2O5S/c1-5-13(15(19)23-4)14(6-2)17-16(20)18-24(21,22)12-9-7-11(3)8-10-12/h5,7-10H,6H2,1-4H3,(H,18,20)/b13-5+,17-14?. The van der Waals surface area contributed by atoms with Crippen molar-refractivity contribution in [2.45, 2.75) is 32.1 Å². The van der Waals surface area contributed by atoms with Crippen LogP contribution in [0.1, 0.15) is 25.8 Å². The number of hydrogen-bond acceptors (Lipinski definition) is 5. The van der Waals surface area contributed by atoms with Gasteiger partial charge in [0.05, 0.1) is 23.3 Å². The van der Waals surface area contributed by atoms with Crippen LogP contribution < -0.4 is 4.72 Å². The van der Waals surface area contributed by atoms with Gasteiger partial charge in [-0.3, -0.25) is 0 Å². The summed E-state index contributed by atoms with van der Waals surface area (Å²) < 4.78 is 30.8. The Morgan fingerprint density at radius 3 is 2.29 bits per heavy atom. The Bertz CT molecular complexity index is 777. The topological polar surface area (TPSA) is 102 Å². The number of rotatable bonds is 5. The number of hydrogen-bond donors (Lipinski definition) is 1. The summed E-state index contributed by atoms with van der Waals surface area (Å²) in [5.41, 5.74) is 1.14. The highest BCUT2D eigenvalue weighted by Crippen LogP contribution is 2.11. The van der Waals surface area contributed by atoms with E-state index in [4.69, 9.17) is 0 Å². The molecule has 0 aliphatic carbocycles. The highest BCUT2D eigenvalue weighted by molar-refractivity contribution is 7.90. The maximum Gasteiger partial charge on any atom is 0.355 e. The maximum absolute atomic E-state index is 12.1. The van der Waals surface area contributed by atoms with E-state index in [0.717, 1.165) is 5.56 Å². The molecule has 0 unspecified atom stereocenters. The minimum Gasteiger partial charge on any atom is -0.465 e. The molecule has 1 aromatic rings. The molecule has 0 aliphatic heterocycles. The predicted octanol–water partition coefficient (Wildman–Crippen LogP) is 2.36. The van der Waals surface area contributed by atoms with Gasteiger partial charge in [0, 0.05) is 0 Å². The Kier molecular flexibility index (Phi) is 6.84. The molecule has 2 amide bonds. The van der Waals surface area contributed by atoms with Gasteiger partial charge in [-0.15, -0.1) is 0 Å². The van der Waals surface area contributed by atoms with Gasteiger partial charge in [-0.1, -0.05) is 30.7 Å². The van der Waals surface area contributed by atoms with Gasteiger partial charge >= 0.3 is 12.0 Å². The molecule has 130 valence electrons. The molecule has 0 radical (unpaired) electrons. The first-order valence-electron chi connectivity index (χ1n) is 7.21. The van der Waals surface area contributed by atoms with Crippen molar-refractivity contribution in [3.05, 3.63) is 41.5 Å². The molecule has 1 rings (SSSR count). The summed E-state index contributed by atoms with van der Waals surface area (Å²) in [7, 11) is -2.82. The minimum absolute atomic E-state index is 0.0473. The molecule has 0 atom stereocenters. The third kappa shape index (κ3) is 5.02. The summed E-state index contributed by atoms with van der Waals surface area (Å²) in [6, 6.07) is 4.95. The molecule has 0 aromatic heterocycles. The highest BCUT2D eigenvalue weighted by atomic mass is 32.2. The SMILES string of the molecule is C/C=C(/C(=O)OC)C(CC)=NC(=O)NS(=O)(=O)c1ccc(C)cc1. The van der Waals surface area contributed by atoms with E-state index in [1.54, 1.807) is 26.0 Å². The van der Waals surface area contributed by atoms with E-state index in [-0.39, 0.29) is 22.6 Å². The number of aliphatic imine (C=N–C) groups is 1. The summed E-state index contributed by atoms with van der Waals surface area (Å²) in [4.78, 5) is 27.2. The summed E-state index contributed by atoms with van der Waals surface area (Å²) >= 11 is 0. The van der Waals surface area contributed by atoms with Crippen LogP contribution in [0.15, 0.2) is 45.8 Å². The van der Waals surface area contributed by atoms with E-state index < -0.39 is 22.0 Å². The molecule has 0 saturated heterocycles. The van der Waals surface area contributed by atoms with Crippen LogP contribution in [0.5, 0.6) is 0 Å². The maximum atomic E-state index is 12.1. The van der Waals surface area contributed by atoms with E-state index in [1.807, 2.05) is 11.6 Å². The third-order valence-corrected chi connectivity index (χ3v) is 4.47. The molecule has 0 aliphatic rings. The van der Waals surface area contributed by atoms with E-state index in [2.05, 4.69) is 9.73 Å². The highest BCUT2D eigenvalue weighted by Gasteiger charge is 2.20. The number of amides is 2. The molecule has 7 nitrogen and oxygen atoms in total. The Morgan fingerprint density at radius 2 is 1.83 bits per heavy atom. The summed E-state index contributed by atoms with van der Waals surface area (Å²) in [5, 5.41) is 0. The first-order chi connectivity index (χ1) is 11.2. The predicted molar refractivity (Wildman–Crippen MR) is 90.4 cm³/mol. The van der Waals surface area contributed by atoms with Crippen LogP contribution in [0.2, 0.25) is 0 Å². The van der Waals surface area contributed by atoms with Crippen molar-refractivity contribution in [2.24, 2.45) is 4.99 Å². The minimum atomic E-state index is -4.03. The number of sulfonamides is 1. The molecule has 0 heterocycles. The Hall–Kier alpha value is -2.48. The molecule has 1 N–H and O–H groups in total. The lowest BCUT2D eigenvalue weighted by molar-refractivity contribution is -0.135. The van der Waals surface area contributed by atoms with Gasteiger partial charge in [0.15, 0.2) is 0 Å². The Balaban J connectivity index is 3.04. The lowest BCUT2D eigenvalue weighted by Gasteiger charge is -2.08. The largest absolute Gasteiger partial charge is 0.465 e. The van der Waals surface area contributed by atoms with Crippen molar-refractivity contribution in [1.29, 1.82) is 0 Å². The van der Waals surface area contributed by atoms with Crippen molar-refractivity contribution in [3.63, 3.8) is 0 Å². The number of urea groups is 1. The molecule has 0 fully saturated rings. The fourth-order valence-electron chi connectivity index (χ4n) is 1.88. The van der Waals surface area contributed by atoms with Crippen molar-refractivity contribution < 1.29 is 22.7 Å². The quantitative estimate of drug-likeness (QED) is 0.498. The number of aryl methyl sites for hydroxylation is 1. The molecule has 0 spiro atoms. The third-order valence-electron chi connectivity index (χ3n) is 3.13. The lowest BCUT2D eigenvalue weighted by atomic mass is 10.1. The number of ether oxygens (including phenoxy) is 1. The molecule has 0 saturated carbocycles. The van der Waals surface area contributed by atoms with Crippen LogP contribution in [0.4, 0.5) is 4.79 Å². The van der Waals surface area contributed by atoms with Gasteiger partial charge in [-0.25, -0.2) is 22.7 Å². The van der Waals surface area contributed by atoms with Gasteiger partial charge in [-0.05, 0) is 32.4 Å². The zero-order valence-electron chi connectivity index (χ0n) is 14.0. The van der Waals surface area contributed by atoms with Gasteiger partial charge in [0.2, 0.25) is 0 Å². The van der Waals surface area contributed by atoms with E-state index in [9.17, 15) is 18.0 Å². The normalized spacial score (nSPS) is 12.7. The average Bonchev–Trinajstić information content (AvgIpc) is 2.54. The van der Waals surface area contributed by atoms with Crippen LogP contribution in [-0.2, 0) is 19.6 Å². The Morgan fingerprint density at radius 1 is 1.25 bits per heavy atom. The number of carbonyl (C=O) groups excluding carboxylic acids is 2. The average molecular weight is 352 g/mol. The number of benzene rings is 1. The summed E-state index contributed by atoms with van der Waals surface area (Å²) in [6.07, 6.45) is 1.71. The molecular formula is C16H20N2O5S. The lowest BCUT2D eigenvalue weighted by Crippen LogP contribution is -2.29. The van der Waals surface area contributed by atoms with Crippen molar-refractivity contribution in [1.82, 2.24) is 4.72 Å². The monoisotopic (exact) mass is 352 g/mol. The van der Waals surface area contributed by atoms with E-state index >= 15 is 0 Å². The number of allylic oxidation sites excluding steroid dienone is 1. The van der Waals surface area contributed by atoms with Crippen LogP contribution in [0.3, 0.4) is 0 Å². The summed E-state index contributed by atoms with van der Waals surface area (Å²) in [6.45, 7) is 5.10. The van der Waals surface area contributed by atoms with Crippen molar-refractivity contribution in [2.75, 3.05) is 7.11 Å². The zero-order chi connectivity index (χ0) is 18.3. The first kappa shape index (κ1) is 19.6. The van der Waals surface area contributed by atoms with Crippen LogP contribution in [0, 0.1) is 6.92 Å². The summed E-state index contributed by atoms with van der Waals surface area (Å²) in [5.74, 6) is -0.646. The van der Waals surface area contributed by atoms with Gasteiger partial charge in [0.1, 0.15) is 0 Å². The van der Waals surface area contributed by atoms with Crippen LogP contribution >= 0.6 is 0 Å². The second kappa shape index (κ2) is 8.39. The molecule has 24 heavy (non-hydrogen) atoms. The zero-order valence-corrected chi connectivity index (χ0v) is 14.8. The van der Waals surface area contributed by atoms with Gasteiger partial charge < -0.3 is 4.74 Å². The smallest absolute Gasteiger partial charge is 0.355 e. The second-order valence-corrected chi connectivity index (χ2v) is 6.51. The fraction of sp³-hybridized carbons (Fsp3) is 0.312. The van der Waals surface area contributed by atoms with Crippen LogP contribution in [-0.4, -0.2) is 33.2 Å². The van der Waals surface area contributed by atoms with E-state index in [0.29, 0.717) is 0 Å². The molecular weight excluding hydrogens is 332 g/mol. The van der Waals surface area contributed by atoms with Crippen molar-refractivity contribution in [3.8, 4) is 0 Å². The molecule has 8 heteroatoms. The molecule has 1 aromatic carbocycles. The number of nitrogens with one attached hydrogen (secondary N) is 1. The molecule has 0 bridgehead atoms.